The van der Waals surface area contributed by atoms with Crippen molar-refractivity contribution in [1.82, 2.24) is 10.2 Å². The van der Waals surface area contributed by atoms with Crippen molar-refractivity contribution in [3.63, 3.8) is 0 Å². The molecule has 0 bridgehead atoms. The Morgan fingerprint density at radius 1 is 1.15 bits per heavy atom. The summed E-state index contributed by atoms with van der Waals surface area (Å²) >= 11 is 1.43. The topological polar surface area (TPSA) is 55.3 Å². The van der Waals surface area contributed by atoms with Gasteiger partial charge in [0.1, 0.15) is 10.8 Å². The SMILES string of the molecule is CCCCN(C(=O)c1ccccc1OC)c1nnc(-c2cccc(C)c2)s1. The number of para-hydroxylation sites is 1. The van der Waals surface area contributed by atoms with Crippen LogP contribution in [0.3, 0.4) is 0 Å². The van der Waals surface area contributed by atoms with E-state index in [0.29, 0.717) is 23.0 Å². The summed E-state index contributed by atoms with van der Waals surface area (Å²) in [4.78, 5) is 14.9. The molecule has 0 fully saturated rings. The molecular formula is C21H23N3O2S. The number of carbonyl (C=O) groups excluding carboxylic acids is 1. The molecule has 0 aliphatic heterocycles. The smallest absolute Gasteiger partial charge is 0.263 e. The number of aryl methyl sites for hydroxylation is 1. The molecule has 0 N–H and O–H groups in total. The fraction of sp³-hybridized carbons (Fsp3) is 0.286. The molecule has 140 valence electrons. The van der Waals surface area contributed by atoms with E-state index in [2.05, 4.69) is 23.2 Å². The van der Waals surface area contributed by atoms with E-state index < -0.39 is 0 Å². The van der Waals surface area contributed by atoms with Gasteiger partial charge in [0.25, 0.3) is 5.91 Å². The molecule has 0 unspecified atom stereocenters. The first-order valence-corrected chi connectivity index (χ1v) is 9.81. The van der Waals surface area contributed by atoms with Crippen molar-refractivity contribution in [1.29, 1.82) is 0 Å². The summed E-state index contributed by atoms with van der Waals surface area (Å²) in [5, 5.41) is 10.0. The van der Waals surface area contributed by atoms with Crippen molar-refractivity contribution in [2.45, 2.75) is 26.7 Å². The predicted octanol–water partition coefficient (Wildman–Crippen LogP) is 4.97. The lowest BCUT2D eigenvalue weighted by Crippen LogP contribution is -2.32. The largest absolute Gasteiger partial charge is 0.496 e. The van der Waals surface area contributed by atoms with Gasteiger partial charge in [-0.3, -0.25) is 9.69 Å². The maximum atomic E-state index is 13.2. The number of rotatable bonds is 7. The van der Waals surface area contributed by atoms with Crippen LogP contribution in [0.4, 0.5) is 5.13 Å². The number of hydrogen-bond acceptors (Lipinski definition) is 5. The molecule has 0 saturated carbocycles. The number of aromatic nitrogens is 2. The van der Waals surface area contributed by atoms with Crippen LogP contribution in [-0.4, -0.2) is 29.8 Å². The Balaban J connectivity index is 1.94. The molecule has 0 saturated heterocycles. The second kappa shape index (κ2) is 8.77. The minimum atomic E-state index is -0.118. The number of unbranched alkanes of at least 4 members (excludes halogenated alkanes) is 1. The lowest BCUT2D eigenvalue weighted by atomic mass is 10.1. The molecule has 3 aromatic rings. The molecule has 0 atom stereocenters. The monoisotopic (exact) mass is 381 g/mol. The van der Waals surface area contributed by atoms with Crippen LogP contribution in [0.25, 0.3) is 10.6 Å². The van der Waals surface area contributed by atoms with Gasteiger partial charge in [-0.2, -0.15) is 0 Å². The standard InChI is InChI=1S/C21H23N3O2S/c1-4-5-13-24(20(25)17-11-6-7-12-18(17)26-3)21-23-22-19(27-21)16-10-8-9-15(2)14-16/h6-12,14H,4-5,13H2,1-3H3. The van der Waals surface area contributed by atoms with Gasteiger partial charge >= 0.3 is 0 Å². The Hall–Kier alpha value is -2.73. The molecule has 1 aromatic heterocycles. The molecule has 1 heterocycles. The Bertz CT molecular complexity index is 923. The molecule has 6 heteroatoms. The lowest BCUT2D eigenvalue weighted by Gasteiger charge is -2.20. The maximum Gasteiger partial charge on any atom is 0.263 e. The summed E-state index contributed by atoms with van der Waals surface area (Å²) in [6.45, 7) is 4.74. The van der Waals surface area contributed by atoms with E-state index >= 15 is 0 Å². The minimum Gasteiger partial charge on any atom is -0.496 e. The van der Waals surface area contributed by atoms with E-state index in [1.165, 1.54) is 11.3 Å². The summed E-state index contributed by atoms with van der Waals surface area (Å²) in [6.07, 6.45) is 1.87. The van der Waals surface area contributed by atoms with Gasteiger partial charge in [-0.15, -0.1) is 10.2 Å². The Morgan fingerprint density at radius 2 is 1.96 bits per heavy atom. The highest BCUT2D eigenvalue weighted by atomic mass is 32.1. The summed E-state index contributed by atoms with van der Waals surface area (Å²) in [5.74, 6) is 0.445. The first kappa shape index (κ1) is 19.0. The van der Waals surface area contributed by atoms with E-state index in [9.17, 15) is 4.79 Å². The van der Waals surface area contributed by atoms with Crippen LogP contribution in [-0.2, 0) is 0 Å². The maximum absolute atomic E-state index is 13.2. The number of benzene rings is 2. The van der Waals surface area contributed by atoms with Crippen molar-refractivity contribution < 1.29 is 9.53 Å². The zero-order valence-corrected chi connectivity index (χ0v) is 16.6. The Labute approximate surface area is 163 Å². The molecule has 0 spiro atoms. The second-order valence-electron chi connectivity index (χ2n) is 6.27. The van der Waals surface area contributed by atoms with Gasteiger partial charge < -0.3 is 4.74 Å². The van der Waals surface area contributed by atoms with Crippen molar-refractivity contribution >= 4 is 22.4 Å². The Morgan fingerprint density at radius 3 is 2.70 bits per heavy atom. The van der Waals surface area contributed by atoms with Crippen molar-refractivity contribution in [2.24, 2.45) is 0 Å². The summed E-state index contributed by atoms with van der Waals surface area (Å²) in [6, 6.07) is 15.4. The third-order valence-electron chi connectivity index (χ3n) is 4.23. The zero-order valence-electron chi connectivity index (χ0n) is 15.8. The molecule has 0 aliphatic rings. The van der Waals surface area contributed by atoms with E-state index in [-0.39, 0.29) is 5.91 Å². The summed E-state index contributed by atoms with van der Waals surface area (Å²) in [5.41, 5.74) is 2.71. The highest BCUT2D eigenvalue weighted by Crippen LogP contribution is 2.31. The minimum absolute atomic E-state index is 0.118. The normalized spacial score (nSPS) is 10.6. The van der Waals surface area contributed by atoms with Gasteiger partial charge in [0.05, 0.1) is 12.7 Å². The fourth-order valence-corrected chi connectivity index (χ4v) is 3.65. The number of carbonyl (C=O) groups is 1. The van der Waals surface area contributed by atoms with Crippen LogP contribution in [0, 0.1) is 6.92 Å². The molecule has 3 rings (SSSR count). The van der Waals surface area contributed by atoms with E-state index in [1.807, 2.05) is 37.3 Å². The highest BCUT2D eigenvalue weighted by Gasteiger charge is 2.24. The first-order valence-electron chi connectivity index (χ1n) is 8.99. The number of hydrogen-bond donors (Lipinski definition) is 0. The van der Waals surface area contributed by atoms with Gasteiger partial charge in [0.15, 0.2) is 0 Å². The first-order chi connectivity index (χ1) is 13.1. The van der Waals surface area contributed by atoms with Gasteiger partial charge in [-0.25, -0.2) is 0 Å². The third kappa shape index (κ3) is 4.34. The van der Waals surface area contributed by atoms with E-state index in [0.717, 1.165) is 29.0 Å². The Kier molecular flexibility index (Phi) is 6.19. The number of methoxy groups -OCH3 is 1. The highest BCUT2D eigenvalue weighted by molar-refractivity contribution is 7.18. The number of ether oxygens (including phenoxy) is 1. The van der Waals surface area contributed by atoms with Crippen molar-refractivity contribution in [3.05, 3.63) is 59.7 Å². The second-order valence-corrected chi connectivity index (χ2v) is 7.23. The quantitative estimate of drug-likeness (QED) is 0.580. The molecule has 0 aliphatic carbocycles. The van der Waals surface area contributed by atoms with Crippen molar-refractivity contribution in [2.75, 3.05) is 18.6 Å². The van der Waals surface area contributed by atoms with E-state index in [4.69, 9.17) is 4.74 Å². The van der Waals surface area contributed by atoms with Crippen LogP contribution in [0.2, 0.25) is 0 Å². The molecule has 5 nitrogen and oxygen atoms in total. The molecule has 1 amide bonds. The third-order valence-corrected chi connectivity index (χ3v) is 5.22. The molecular weight excluding hydrogens is 358 g/mol. The van der Waals surface area contributed by atoms with Gasteiger partial charge in [-0.05, 0) is 31.5 Å². The van der Waals surface area contributed by atoms with Crippen LogP contribution < -0.4 is 9.64 Å². The molecule has 0 radical (unpaired) electrons. The summed E-state index contributed by atoms with van der Waals surface area (Å²) in [7, 11) is 1.57. The van der Waals surface area contributed by atoms with Gasteiger partial charge in [-0.1, -0.05) is 60.6 Å². The fourth-order valence-electron chi connectivity index (χ4n) is 2.79. The van der Waals surface area contributed by atoms with Crippen molar-refractivity contribution in [3.8, 4) is 16.3 Å². The number of amides is 1. The average Bonchev–Trinajstić information content (AvgIpc) is 3.18. The van der Waals surface area contributed by atoms with Crippen LogP contribution >= 0.6 is 11.3 Å². The predicted molar refractivity (Wildman–Crippen MR) is 110 cm³/mol. The zero-order chi connectivity index (χ0) is 19.2. The summed E-state index contributed by atoms with van der Waals surface area (Å²) < 4.78 is 5.36. The average molecular weight is 382 g/mol. The molecule has 2 aromatic carbocycles. The van der Waals surface area contributed by atoms with Gasteiger partial charge in [0, 0.05) is 12.1 Å². The van der Waals surface area contributed by atoms with Crippen LogP contribution in [0.1, 0.15) is 35.7 Å². The van der Waals surface area contributed by atoms with Crippen LogP contribution in [0.5, 0.6) is 5.75 Å². The van der Waals surface area contributed by atoms with Gasteiger partial charge in [0.2, 0.25) is 5.13 Å². The van der Waals surface area contributed by atoms with Crippen LogP contribution in [0.15, 0.2) is 48.5 Å². The number of anilines is 1. The molecule has 27 heavy (non-hydrogen) atoms. The van der Waals surface area contributed by atoms with E-state index in [1.54, 1.807) is 24.1 Å². The lowest BCUT2D eigenvalue weighted by molar-refractivity contribution is 0.0983. The number of nitrogens with zero attached hydrogens (tertiary/aromatic N) is 3.